The van der Waals surface area contributed by atoms with Crippen molar-refractivity contribution in [1.82, 2.24) is 9.88 Å². The molecule has 2 aliphatic rings. The molecule has 2 aliphatic carbocycles. The van der Waals surface area contributed by atoms with Crippen LogP contribution in [0.25, 0.3) is 10.9 Å². The zero-order valence-electron chi connectivity index (χ0n) is 18.1. The van der Waals surface area contributed by atoms with Gasteiger partial charge in [-0.15, -0.1) is 0 Å². The molecule has 1 unspecified atom stereocenters. The Hall–Kier alpha value is -3.15. The van der Waals surface area contributed by atoms with Gasteiger partial charge in [-0.05, 0) is 67.3 Å². The highest BCUT2D eigenvalue weighted by Crippen LogP contribution is 2.47. The lowest BCUT2D eigenvalue weighted by Gasteiger charge is -2.26. The van der Waals surface area contributed by atoms with Crippen LogP contribution in [0.4, 0.5) is 4.39 Å². The van der Waals surface area contributed by atoms with E-state index in [0.29, 0.717) is 19.3 Å². The fourth-order valence-electron chi connectivity index (χ4n) is 5.37. The van der Waals surface area contributed by atoms with Crippen LogP contribution in [0.15, 0.2) is 48.5 Å². The Bertz CT molecular complexity index is 1190. The van der Waals surface area contributed by atoms with Crippen LogP contribution in [0, 0.1) is 11.7 Å². The smallest absolute Gasteiger partial charge is 0.326 e. The molecule has 2 N–H and O–H groups in total. The highest BCUT2D eigenvalue weighted by Gasteiger charge is 2.44. The third kappa shape index (κ3) is 3.57. The van der Waals surface area contributed by atoms with Crippen molar-refractivity contribution in [1.29, 1.82) is 0 Å². The summed E-state index contributed by atoms with van der Waals surface area (Å²) in [6, 6.07) is 14.0. The van der Waals surface area contributed by atoms with Gasteiger partial charge in [0.05, 0.1) is 0 Å². The highest BCUT2D eigenvalue weighted by molar-refractivity contribution is 5.89. The molecule has 32 heavy (non-hydrogen) atoms. The SMILES string of the molecule is CCC(C(=O)O)n1c2c(c3cc(F)ccc31)C[C@@H](NC(=O)[C@@H]1C[C@H]1c1ccccc1)CC2. The molecule has 1 aromatic heterocycles. The molecular formula is C26H27FN2O3. The zero-order chi connectivity index (χ0) is 22.4. The molecule has 166 valence electrons. The number of carbonyl (C=O) groups is 2. The molecule has 5 nitrogen and oxygen atoms in total. The third-order valence-electron chi connectivity index (χ3n) is 7.05. The van der Waals surface area contributed by atoms with E-state index in [4.69, 9.17) is 0 Å². The van der Waals surface area contributed by atoms with Gasteiger partial charge >= 0.3 is 5.97 Å². The second kappa shape index (κ2) is 8.08. The van der Waals surface area contributed by atoms with Crippen molar-refractivity contribution in [2.24, 2.45) is 5.92 Å². The van der Waals surface area contributed by atoms with Gasteiger partial charge in [0.15, 0.2) is 0 Å². The third-order valence-corrected chi connectivity index (χ3v) is 7.05. The van der Waals surface area contributed by atoms with Gasteiger partial charge in [-0.2, -0.15) is 0 Å². The van der Waals surface area contributed by atoms with E-state index < -0.39 is 12.0 Å². The number of benzene rings is 2. The van der Waals surface area contributed by atoms with E-state index in [9.17, 15) is 19.1 Å². The van der Waals surface area contributed by atoms with Gasteiger partial charge in [0, 0.05) is 28.6 Å². The van der Waals surface area contributed by atoms with Crippen molar-refractivity contribution < 1.29 is 19.1 Å². The van der Waals surface area contributed by atoms with E-state index in [0.717, 1.165) is 35.0 Å². The second-order valence-electron chi connectivity index (χ2n) is 9.03. The minimum atomic E-state index is -0.882. The number of amides is 1. The summed E-state index contributed by atoms with van der Waals surface area (Å²) < 4.78 is 16.0. The number of rotatable bonds is 6. The normalized spacial score (nSPS) is 22.9. The van der Waals surface area contributed by atoms with Gasteiger partial charge in [-0.3, -0.25) is 4.79 Å². The Balaban J connectivity index is 1.39. The van der Waals surface area contributed by atoms with Crippen molar-refractivity contribution in [2.45, 2.75) is 57.0 Å². The van der Waals surface area contributed by atoms with Crippen LogP contribution >= 0.6 is 0 Å². The fourth-order valence-corrected chi connectivity index (χ4v) is 5.37. The van der Waals surface area contributed by atoms with Crippen molar-refractivity contribution in [3.63, 3.8) is 0 Å². The van der Waals surface area contributed by atoms with Gasteiger partial charge in [-0.1, -0.05) is 37.3 Å². The van der Waals surface area contributed by atoms with Crippen molar-refractivity contribution in [3.8, 4) is 0 Å². The molecule has 0 aliphatic heterocycles. The zero-order valence-corrected chi connectivity index (χ0v) is 18.1. The molecule has 6 heteroatoms. The molecule has 1 fully saturated rings. The van der Waals surface area contributed by atoms with Gasteiger partial charge in [0.1, 0.15) is 11.9 Å². The molecule has 2 aromatic carbocycles. The Morgan fingerprint density at radius 1 is 1.22 bits per heavy atom. The summed E-state index contributed by atoms with van der Waals surface area (Å²) in [4.78, 5) is 24.8. The lowest BCUT2D eigenvalue weighted by atomic mass is 9.91. The summed E-state index contributed by atoms with van der Waals surface area (Å²) in [6.45, 7) is 1.85. The number of carboxylic acid groups (broad SMARTS) is 1. The fraction of sp³-hybridized carbons (Fsp3) is 0.385. The summed E-state index contributed by atoms with van der Waals surface area (Å²) in [5, 5.41) is 13.7. The maximum Gasteiger partial charge on any atom is 0.326 e. The lowest BCUT2D eigenvalue weighted by molar-refractivity contribution is -0.141. The number of nitrogens with one attached hydrogen (secondary N) is 1. The predicted octanol–water partition coefficient (Wildman–Crippen LogP) is 4.59. The van der Waals surface area contributed by atoms with Crippen LogP contribution in [0.3, 0.4) is 0 Å². The standard InChI is InChI=1S/C26H27FN2O3/c1-2-22(26(31)32)29-23-10-8-16(27)12-19(23)20-13-17(9-11-24(20)29)28-25(30)21-14-18(21)15-6-4-3-5-7-15/h3-8,10,12,17-18,21-22H,2,9,11,13-14H2,1H3,(H,28,30)(H,31,32)/t17-,18-,21+,22?/m0/s1. The van der Waals surface area contributed by atoms with Crippen LogP contribution in [-0.4, -0.2) is 27.6 Å². The molecule has 1 amide bonds. The van der Waals surface area contributed by atoms with E-state index in [1.165, 1.54) is 17.7 Å². The number of halogens is 1. The molecule has 0 radical (unpaired) electrons. The Kier molecular flexibility index (Phi) is 5.24. The molecule has 3 aromatic rings. The largest absolute Gasteiger partial charge is 0.480 e. The van der Waals surface area contributed by atoms with Crippen molar-refractivity contribution in [2.75, 3.05) is 0 Å². The Morgan fingerprint density at radius 2 is 2.00 bits per heavy atom. The summed E-state index contributed by atoms with van der Waals surface area (Å²) >= 11 is 0. The maximum atomic E-state index is 14.1. The van der Waals surface area contributed by atoms with Gasteiger partial charge in [0.2, 0.25) is 5.91 Å². The first kappa shape index (κ1) is 20.7. The van der Waals surface area contributed by atoms with Gasteiger partial charge < -0.3 is 15.0 Å². The number of hydrogen-bond donors (Lipinski definition) is 2. The monoisotopic (exact) mass is 434 g/mol. The van der Waals surface area contributed by atoms with Crippen LogP contribution in [-0.2, 0) is 22.4 Å². The van der Waals surface area contributed by atoms with Crippen LogP contribution in [0.5, 0.6) is 0 Å². The van der Waals surface area contributed by atoms with E-state index >= 15 is 0 Å². The van der Waals surface area contributed by atoms with Crippen molar-refractivity contribution in [3.05, 3.63) is 71.2 Å². The number of fused-ring (bicyclic) bond motifs is 3. The molecular weight excluding hydrogens is 407 g/mol. The molecule has 1 saturated carbocycles. The van der Waals surface area contributed by atoms with Crippen molar-refractivity contribution >= 4 is 22.8 Å². The van der Waals surface area contributed by atoms with E-state index in [-0.39, 0.29) is 29.6 Å². The number of aliphatic carboxylic acids is 1. The minimum Gasteiger partial charge on any atom is -0.480 e. The van der Waals surface area contributed by atoms with Crippen LogP contribution in [0.1, 0.15) is 55.0 Å². The maximum absolute atomic E-state index is 14.1. The Morgan fingerprint density at radius 3 is 2.72 bits per heavy atom. The molecule has 0 saturated heterocycles. The summed E-state index contributed by atoms with van der Waals surface area (Å²) in [6.07, 6.45) is 3.32. The molecule has 5 rings (SSSR count). The lowest BCUT2D eigenvalue weighted by Crippen LogP contribution is -2.40. The minimum absolute atomic E-state index is 0.00839. The summed E-state index contributed by atoms with van der Waals surface area (Å²) in [7, 11) is 0. The first-order chi connectivity index (χ1) is 15.5. The second-order valence-corrected chi connectivity index (χ2v) is 9.03. The summed E-state index contributed by atoms with van der Waals surface area (Å²) in [5.74, 6) is -0.844. The number of aromatic nitrogens is 1. The quantitative estimate of drug-likeness (QED) is 0.596. The Labute approximate surface area is 186 Å². The average molecular weight is 435 g/mol. The highest BCUT2D eigenvalue weighted by atomic mass is 19.1. The number of hydrogen-bond acceptors (Lipinski definition) is 2. The predicted molar refractivity (Wildman–Crippen MR) is 120 cm³/mol. The molecule has 1 heterocycles. The van der Waals surface area contributed by atoms with Crippen LogP contribution in [0.2, 0.25) is 0 Å². The van der Waals surface area contributed by atoms with Gasteiger partial charge in [0.25, 0.3) is 0 Å². The summed E-state index contributed by atoms with van der Waals surface area (Å²) in [5.41, 5.74) is 3.88. The number of carboxylic acids is 1. The van der Waals surface area contributed by atoms with E-state index in [1.54, 1.807) is 6.07 Å². The molecule has 0 spiro atoms. The van der Waals surface area contributed by atoms with E-state index in [2.05, 4.69) is 17.4 Å². The number of nitrogens with zero attached hydrogens (tertiary/aromatic N) is 1. The van der Waals surface area contributed by atoms with Crippen LogP contribution < -0.4 is 5.32 Å². The molecule has 0 bridgehead atoms. The van der Waals surface area contributed by atoms with E-state index in [1.807, 2.05) is 29.7 Å². The van der Waals surface area contributed by atoms with Gasteiger partial charge in [-0.25, -0.2) is 9.18 Å². The number of carbonyl (C=O) groups excluding carboxylic acids is 1. The molecule has 4 atom stereocenters. The average Bonchev–Trinajstić information content (AvgIpc) is 3.54. The first-order valence-corrected chi connectivity index (χ1v) is 11.4. The first-order valence-electron chi connectivity index (χ1n) is 11.4. The topological polar surface area (TPSA) is 71.3 Å².